The number of hydrogen-bond acceptors (Lipinski definition) is 6. The summed E-state index contributed by atoms with van der Waals surface area (Å²) in [6, 6.07) is 0.853. The molecule has 1 N–H and O–H groups in total. The second kappa shape index (κ2) is 16.8. The Balaban J connectivity index is 0.000000288. The molecule has 1 aliphatic carbocycles. The van der Waals surface area contributed by atoms with Gasteiger partial charge in [-0.2, -0.15) is 0 Å². The molecule has 0 spiro atoms. The van der Waals surface area contributed by atoms with Crippen molar-refractivity contribution < 1.29 is 4.74 Å². The lowest BCUT2D eigenvalue weighted by Crippen LogP contribution is -2.44. The van der Waals surface area contributed by atoms with Crippen LogP contribution in [0.15, 0.2) is 12.0 Å². The van der Waals surface area contributed by atoms with Crippen LogP contribution >= 0.6 is 0 Å². The summed E-state index contributed by atoms with van der Waals surface area (Å²) in [5.41, 5.74) is 0. The molecule has 1 saturated carbocycles. The third kappa shape index (κ3) is 12.1. The number of piperazine rings is 1. The van der Waals surface area contributed by atoms with E-state index in [1.807, 2.05) is 13.8 Å². The molecule has 2 heterocycles. The molecule has 3 rings (SSSR count). The van der Waals surface area contributed by atoms with Gasteiger partial charge in [-0.25, -0.2) is 0 Å². The lowest BCUT2D eigenvalue weighted by atomic mass is 9.87. The Labute approximate surface area is 194 Å². The molecule has 184 valence electrons. The number of rotatable bonds is 6. The number of morpholine rings is 1. The highest BCUT2D eigenvalue weighted by Crippen LogP contribution is 2.26. The summed E-state index contributed by atoms with van der Waals surface area (Å²) in [5, 5.41) is 3.31. The average Bonchev–Trinajstić information content (AvgIpc) is 2.81. The maximum atomic E-state index is 5.58. The molecule has 2 aliphatic heterocycles. The maximum absolute atomic E-state index is 5.58. The standard InChI is InChI=1S/C12H26N2.C11H21N3O.C2H6/c1-11-5-7-12(8-6-11)14(4)10-9-13(2)3;1-2-13-4-6-14(7-5-13)10-11-9-12-3-8-15-11;1-2/h11-12H,5-10H2,1-4H3;10,12H,2-9H2,1H3;1-2H3/b;11-10-;. The molecule has 0 unspecified atom stereocenters. The summed E-state index contributed by atoms with van der Waals surface area (Å²) in [7, 11) is 6.58. The smallest absolute Gasteiger partial charge is 0.126 e. The van der Waals surface area contributed by atoms with E-state index in [0.29, 0.717) is 0 Å². The molecule has 0 atom stereocenters. The Bertz CT molecular complexity index is 447. The second-order valence-electron chi connectivity index (χ2n) is 9.29. The number of hydrogen-bond donors (Lipinski definition) is 1. The maximum Gasteiger partial charge on any atom is 0.126 e. The number of nitrogens with one attached hydrogen (secondary N) is 1. The monoisotopic (exact) mass is 439 g/mol. The zero-order chi connectivity index (χ0) is 23.1. The third-order valence-corrected chi connectivity index (χ3v) is 6.55. The van der Waals surface area contributed by atoms with Crippen LogP contribution in [0.1, 0.15) is 53.4 Å². The summed E-state index contributed by atoms with van der Waals surface area (Å²) < 4.78 is 5.58. The molecule has 0 bridgehead atoms. The van der Waals surface area contributed by atoms with Crippen LogP contribution in [0, 0.1) is 5.92 Å². The van der Waals surface area contributed by atoms with Gasteiger partial charge in [-0.1, -0.05) is 27.7 Å². The van der Waals surface area contributed by atoms with E-state index in [0.717, 1.165) is 50.5 Å². The van der Waals surface area contributed by atoms with Gasteiger partial charge in [-0.15, -0.1) is 0 Å². The molecule has 6 nitrogen and oxygen atoms in total. The highest BCUT2D eigenvalue weighted by Gasteiger charge is 2.21. The third-order valence-electron chi connectivity index (χ3n) is 6.55. The lowest BCUT2D eigenvalue weighted by molar-refractivity contribution is 0.147. The molecule has 0 aromatic rings. The molecule has 3 aliphatic rings. The van der Waals surface area contributed by atoms with Crippen molar-refractivity contribution in [1.82, 2.24) is 24.9 Å². The molecular weight excluding hydrogens is 386 g/mol. The highest BCUT2D eigenvalue weighted by atomic mass is 16.5. The van der Waals surface area contributed by atoms with Crippen LogP contribution < -0.4 is 5.32 Å². The molecule has 0 aromatic heterocycles. The first-order valence-corrected chi connectivity index (χ1v) is 12.8. The molecule has 2 saturated heterocycles. The van der Waals surface area contributed by atoms with Crippen molar-refractivity contribution in [2.75, 3.05) is 86.7 Å². The Morgan fingerprint density at radius 1 is 1.00 bits per heavy atom. The summed E-state index contributed by atoms with van der Waals surface area (Å²) in [4.78, 5) is 9.66. The van der Waals surface area contributed by atoms with E-state index in [2.05, 4.69) is 66.1 Å². The fraction of sp³-hybridized carbons (Fsp3) is 0.920. The summed E-state index contributed by atoms with van der Waals surface area (Å²) in [6.07, 6.45) is 7.85. The first-order chi connectivity index (χ1) is 15.0. The summed E-state index contributed by atoms with van der Waals surface area (Å²) >= 11 is 0. The largest absolute Gasteiger partial charge is 0.494 e. The van der Waals surface area contributed by atoms with Gasteiger partial charge in [0.15, 0.2) is 0 Å². The minimum atomic E-state index is 0.806. The van der Waals surface area contributed by atoms with E-state index >= 15 is 0 Å². The Hall–Kier alpha value is -0.820. The minimum absolute atomic E-state index is 0.806. The minimum Gasteiger partial charge on any atom is -0.494 e. The van der Waals surface area contributed by atoms with Crippen LogP contribution in [0.3, 0.4) is 0 Å². The van der Waals surface area contributed by atoms with Gasteiger partial charge in [0.2, 0.25) is 0 Å². The van der Waals surface area contributed by atoms with Crippen LogP contribution in [-0.4, -0.2) is 112 Å². The molecule has 0 radical (unpaired) electrons. The van der Waals surface area contributed by atoms with Crippen LogP contribution in [0.2, 0.25) is 0 Å². The Kier molecular flexibility index (Phi) is 15.3. The second-order valence-corrected chi connectivity index (χ2v) is 9.29. The fourth-order valence-corrected chi connectivity index (χ4v) is 4.24. The van der Waals surface area contributed by atoms with E-state index in [4.69, 9.17) is 4.74 Å². The molecule has 3 fully saturated rings. The van der Waals surface area contributed by atoms with Crippen molar-refractivity contribution in [2.45, 2.75) is 59.4 Å². The van der Waals surface area contributed by atoms with Crippen molar-refractivity contribution in [3.8, 4) is 0 Å². The van der Waals surface area contributed by atoms with Gasteiger partial charge < -0.3 is 29.7 Å². The van der Waals surface area contributed by atoms with E-state index < -0.39 is 0 Å². The SMILES string of the molecule is CC.CC1CCC(N(C)CCN(C)C)CC1.CCN1CCN(/C=C2/CNCCO2)CC1. The number of nitrogens with zero attached hydrogens (tertiary/aromatic N) is 4. The number of ether oxygens (including phenoxy) is 1. The van der Waals surface area contributed by atoms with Gasteiger partial charge in [0, 0.05) is 58.1 Å². The zero-order valence-electron chi connectivity index (χ0n) is 21.8. The number of likely N-dealkylation sites (N-methyl/N-ethyl adjacent to an activating group) is 3. The molecule has 0 amide bonds. The predicted molar refractivity (Wildman–Crippen MR) is 135 cm³/mol. The van der Waals surface area contributed by atoms with Gasteiger partial charge in [-0.05, 0) is 59.3 Å². The van der Waals surface area contributed by atoms with Crippen LogP contribution in [0.5, 0.6) is 0 Å². The van der Waals surface area contributed by atoms with Crippen molar-refractivity contribution in [1.29, 1.82) is 0 Å². The van der Waals surface area contributed by atoms with E-state index in [9.17, 15) is 0 Å². The summed E-state index contributed by atoms with van der Waals surface area (Å²) in [6.45, 7) is 19.4. The van der Waals surface area contributed by atoms with Gasteiger partial charge in [0.05, 0.1) is 6.54 Å². The molecular formula is C25H53N5O. The van der Waals surface area contributed by atoms with Crippen molar-refractivity contribution in [3.05, 3.63) is 12.0 Å². The van der Waals surface area contributed by atoms with Gasteiger partial charge in [-0.3, -0.25) is 0 Å². The molecule has 31 heavy (non-hydrogen) atoms. The first-order valence-electron chi connectivity index (χ1n) is 12.8. The van der Waals surface area contributed by atoms with Crippen molar-refractivity contribution >= 4 is 0 Å². The van der Waals surface area contributed by atoms with Crippen LogP contribution in [0.4, 0.5) is 0 Å². The first kappa shape index (κ1) is 28.2. The lowest BCUT2D eigenvalue weighted by Gasteiger charge is -2.34. The van der Waals surface area contributed by atoms with Gasteiger partial charge in [0.1, 0.15) is 12.4 Å². The van der Waals surface area contributed by atoms with Crippen LogP contribution in [-0.2, 0) is 4.74 Å². The van der Waals surface area contributed by atoms with E-state index in [-0.39, 0.29) is 0 Å². The van der Waals surface area contributed by atoms with Gasteiger partial charge in [0.25, 0.3) is 0 Å². The fourth-order valence-electron chi connectivity index (χ4n) is 4.24. The summed E-state index contributed by atoms with van der Waals surface area (Å²) in [5.74, 6) is 2.06. The molecule has 6 heteroatoms. The Morgan fingerprint density at radius 3 is 2.16 bits per heavy atom. The van der Waals surface area contributed by atoms with Crippen LogP contribution in [0.25, 0.3) is 0 Å². The van der Waals surface area contributed by atoms with Crippen molar-refractivity contribution in [2.24, 2.45) is 5.92 Å². The quantitative estimate of drug-likeness (QED) is 0.685. The van der Waals surface area contributed by atoms with Crippen molar-refractivity contribution in [3.63, 3.8) is 0 Å². The van der Waals surface area contributed by atoms with E-state index in [1.165, 1.54) is 58.4 Å². The highest BCUT2D eigenvalue weighted by molar-refractivity contribution is 4.98. The zero-order valence-corrected chi connectivity index (χ0v) is 21.8. The normalized spacial score (nSPS) is 26.1. The average molecular weight is 440 g/mol. The predicted octanol–water partition coefficient (Wildman–Crippen LogP) is 3.17. The Morgan fingerprint density at radius 2 is 1.65 bits per heavy atom. The molecule has 0 aromatic carbocycles. The van der Waals surface area contributed by atoms with E-state index in [1.54, 1.807) is 0 Å². The topological polar surface area (TPSA) is 34.2 Å². The van der Waals surface area contributed by atoms with Gasteiger partial charge >= 0.3 is 0 Å².